The van der Waals surface area contributed by atoms with Crippen LogP contribution >= 0.6 is 11.6 Å². The summed E-state index contributed by atoms with van der Waals surface area (Å²) in [5, 5.41) is 9.16. The lowest BCUT2D eigenvalue weighted by molar-refractivity contribution is -0.143. The number of benzene rings is 1. The van der Waals surface area contributed by atoms with Gasteiger partial charge in [-0.25, -0.2) is 8.42 Å². The second-order valence-electron chi connectivity index (χ2n) is 5.25. The molecule has 1 rings (SSSR count). The van der Waals surface area contributed by atoms with E-state index in [1.165, 1.54) is 18.2 Å². The van der Waals surface area contributed by atoms with Gasteiger partial charge in [-0.3, -0.25) is 4.79 Å². The zero-order chi connectivity index (χ0) is 17.6. The molecule has 0 aliphatic heterocycles. The maximum absolute atomic E-state index is 12.8. The van der Waals surface area contributed by atoms with Gasteiger partial charge < -0.3 is 4.74 Å². The summed E-state index contributed by atoms with van der Waals surface area (Å²) in [5.74, 6) is -0.604. The molecule has 1 aromatic carbocycles. The summed E-state index contributed by atoms with van der Waals surface area (Å²) >= 11 is 5.83. The second kappa shape index (κ2) is 8.29. The largest absolute Gasteiger partial charge is 0.465 e. The molecule has 23 heavy (non-hydrogen) atoms. The molecule has 0 heterocycles. The normalized spacial score (nSPS) is 11.5. The Hall–Kier alpha value is -1.62. The summed E-state index contributed by atoms with van der Waals surface area (Å²) < 4.78 is 31.4. The number of esters is 1. The van der Waals surface area contributed by atoms with Crippen LogP contribution in [0.3, 0.4) is 0 Å². The van der Waals surface area contributed by atoms with Crippen LogP contribution in [0.2, 0.25) is 5.02 Å². The van der Waals surface area contributed by atoms with Crippen LogP contribution in [0.15, 0.2) is 23.1 Å². The molecule has 0 aliphatic rings. The molecular weight excluding hydrogens is 340 g/mol. The van der Waals surface area contributed by atoms with E-state index >= 15 is 0 Å². The number of hydrogen-bond donors (Lipinski definition) is 0. The number of sulfonamides is 1. The molecule has 0 spiro atoms. The van der Waals surface area contributed by atoms with Crippen molar-refractivity contribution in [2.45, 2.75) is 25.7 Å². The van der Waals surface area contributed by atoms with Crippen LogP contribution in [0.4, 0.5) is 0 Å². The molecule has 1 aromatic rings. The smallest absolute Gasteiger partial charge is 0.321 e. The Morgan fingerprint density at radius 3 is 2.61 bits per heavy atom. The molecule has 0 radical (unpaired) electrons. The van der Waals surface area contributed by atoms with Gasteiger partial charge in [0, 0.05) is 6.54 Å². The fourth-order valence-corrected chi connectivity index (χ4v) is 3.64. The molecule has 0 aliphatic carbocycles. The highest BCUT2D eigenvalue weighted by molar-refractivity contribution is 7.89. The quantitative estimate of drug-likeness (QED) is 0.698. The average Bonchev–Trinajstić information content (AvgIpc) is 2.46. The van der Waals surface area contributed by atoms with Crippen molar-refractivity contribution in [3.63, 3.8) is 0 Å². The molecule has 0 unspecified atom stereocenters. The predicted molar refractivity (Wildman–Crippen MR) is 86.4 cm³/mol. The molecule has 0 amide bonds. The predicted octanol–water partition coefficient (Wildman–Crippen LogP) is 2.42. The minimum absolute atomic E-state index is 0.0157. The maximum atomic E-state index is 12.8. The van der Waals surface area contributed by atoms with Crippen LogP contribution in [-0.4, -0.2) is 38.4 Å². The van der Waals surface area contributed by atoms with Crippen LogP contribution in [0, 0.1) is 17.2 Å². The number of nitriles is 1. The Morgan fingerprint density at radius 2 is 2.09 bits per heavy atom. The summed E-state index contributed by atoms with van der Waals surface area (Å²) in [4.78, 5) is 11.6. The first kappa shape index (κ1) is 19.4. The zero-order valence-electron chi connectivity index (χ0n) is 13.2. The maximum Gasteiger partial charge on any atom is 0.321 e. The summed E-state index contributed by atoms with van der Waals surface area (Å²) in [6, 6.07) is 5.72. The van der Waals surface area contributed by atoms with Gasteiger partial charge in [-0.05, 0) is 31.0 Å². The third kappa shape index (κ3) is 5.20. The van der Waals surface area contributed by atoms with Gasteiger partial charge >= 0.3 is 5.97 Å². The minimum Gasteiger partial charge on any atom is -0.465 e. The minimum atomic E-state index is -3.94. The van der Waals surface area contributed by atoms with Crippen LogP contribution in [0.25, 0.3) is 0 Å². The summed E-state index contributed by atoms with van der Waals surface area (Å²) in [6.07, 6.45) is 0. The second-order valence-corrected chi connectivity index (χ2v) is 7.60. The lowest BCUT2D eigenvalue weighted by Crippen LogP contribution is -2.38. The van der Waals surface area contributed by atoms with E-state index in [9.17, 15) is 13.2 Å². The van der Waals surface area contributed by atoms with Gasteiger partial charge in [0.05, 0.1) is 22.1 Å². The van der Waals surface area contributed by atoms with E-state index in [2.05, 4.69) is 0 Å². The first-order valence-corrected chi connectivity index (χ1v) is 8.89. The van der Waals surface area contributed by atoms with Crippen molar-refractivity contribution in [3.05, 3.63) is 28.8 Å². The van der Waals surface area contributed by atoms with E-state index in [-0.39, 0.29) is 41.1 Å². The van der Waals surface area contributed by atoms with E-state index in [1.807, 2.05) is 19.9 Å². The fourth-order valence-electron chi connectivity index (χ4n) is 1.91. The molecule has 126 valence electrons. The third-order valence-corrected chi connectivity index (χ3v) is 5.01. The molecule has 0 N–H and O–H groups in total. The first-order chi connectivity index (χ1) is 10.7. The molecule has 8 heteroatoms. The molecular formula is C15H19ClN2O4S. The Morgan fingerprint density at radius 1 is 1.43 bits per heavy atom. The van der Waals surface area contributed by atoms with Crippen molar-refractivity contribution in [2.24, 2.45) is 5.92 Å². The van der Waals surface area contributed by atoms with Crippen molar-refractivity contribution >= 4 is 27.6 Å². The van der Waals surface area contributed by atoms with E-state index < -0.39 is 16.0 Å². The Kier molecular flexibility index (Phi) is 7.01. The summed E-state index contributed by atoms with van der Waals surface area (Å²) in [6.45, 7) is 5.29. The van der Waals surface area contributed by atoms with Crippen molar-refractivity contribution in [3.8, 4) is 6.07 Å². The third-order valence-electron chi connectivity index (χ3n) is 2.88. The lowest BCUT2D eigenvalue weighted by Gasteiger charge is -2.23. The zero-order valence-corrected chi connectivity index (χ0v) is 14.8. The van der Waals surface area contributed by atoms with E-state index in [4.69, 9.17) is 21.6 Å². The van der Waals surface area contributed by atoms with Crippen LogP contribution < -0.4 is 0 Å². The van der Waals surface area contributed by atoms with Crippen LogP contribution in [0.5, 0.6) is 0 Å². The number of nitrogens with zero attached hydrogens (tertiary/aromatic N) is 2. The van der Waals surface area contributed by atoms with Gasteiger partial charge in [0.15, 0.2) is 0 Å². The summed E-state index contributed by atoms with van der Waals surface area (Å²) in [7, 11) is -3.94. The van der Waals surface area contributed by atoms with Gasteiger partial charge in [-0.15, -0.1) is 0 Å². The molecule has 0 saturated heterocycles. The number of ether oxygens (including phenoxy) is 1. The fraction of sp³-hybridized carbons (Fsp3) is 0.467. The monoisotopic (exact) mass is 358 g/mol. The molecule has 0 atom stereocenters. The van der Waals surface area contributed by atoms with Crippen molar-refractivity contribution in [1.82, 2.24) is 4.31 Å². The first-order valence-electron chi connectivity index (χ1n) is 7.07. The standard InChI is InChI=1S/C15H19ClN2O4S/c1-4-22-15(19)10-18(9-11(2)3)23(20,21)13-5-6-14(16)12(7-13)8-17/h5-7,11H,4,9-10H2,1-3H3. The number of hydrogen-bond acceptors (Lipinski definition) is 5. The number of carbonyl (C=O) groups is 1. The molecule has 0 fully saturated rings. The number of halogens is 1. The SMILES string of the molecule is CCOC(=O)CN(CC(C)C)S(=O)(=O)c1ccc(Cl)c(C#N)c1. The van der Waals surface area contributed by atoms with Gasteiger partial charge in [-0.2, -0.15) is 9.57 Å². The molecule has 0 aromatic heterocycles. The van der Waals surface area contributed by atoms with E-state index in [1.54, 1.807) is 6.92 Å². The van der Waals surface area contributed by atoms with Crippen molar-refractivity contribution in [2.75, 3.05) is 19.7 Å². The highest BCUT2D eigenvalue weighted by Crippen LogP contribution is 2.23. The van der Waals surface area contributed by atoms with Gasteiger partial charge in [0.2, 0.25) is 10.0 Å². The van der Waals surface area contributed by atoms with E-state index in [0.717, 1.165) is 4.31 Å². The number of carbonyl (C=O) groups excluding carboxylic acids is 1. The number of rotatable bonds is 7. The van der Waals surface area contributed by atoms with Crippen molar-refractivity contribution in [1.29, 1.82) is 5.26 Å². The Labute approximate surface area is 141 Å². The lowest BCUT2D eigenvalue weighted by atomic mass is 10.2. The van der Waals surface area contributed by atoms with E-state index in [0.29, 0.717) is 0 Å². The van der Waals surface area contributed by atoms with Crippen LogP contribution in [-0.2, 0) is 19.6 Å². The van der Waals surface area contributed by atoms with Crippen LogP contribution in [0.1, 0.15) is 26.3 Å². The molecule has 0 bridgehead atoms. The summed E-state index contributed by atoms with van der Waals surface area (Å²) in [5.41, 5.74) is 0.0633. The van der Waals surface area contributed by atoms with Gasteiger partial charge in [-0.1, -0.05) is 25.4 Å². The molecule has 0 saturated carbocycles. The molecule has 6 nitrogen and oxygen atoms in total. The van der Waals surface area contributed by atoms with Gasteiger partial charge in [0.25, 0.3) is 0 Å². The Bertz CT molecular complexity index is 711. The highest BCUT2D eigenvalue weighted by atomic mass is 35.5. The van der Waals surface area contributed by atoms with Crippen molar-refractivity contribution < 1.29 is 17.9 Å². The average molecular weight is 359 g/mol. The van der Waals surface area contributed by atoms with Gasteiger partial charge in [0.1, 0.15) is 12.6 Å². The topological polar surface area (TPSA) is 87.5 Å². The highest BCUT2D eigenvalue weighted by Gasteiger charge is 2.28. The Balaban J connectivity index is 3.22.